The zero-order chi connectivity index (χ0) is 22.9. The molecule has 5 N–H and O–H groups in total. The van der Waals surface area contributed by atoms with Gasteiger partial charge in [-0.2, -0.15) is 5.26 Å². The lowest BCUT2D eigenvalue weighted by Crippen LogP contribution is -2.45. The minimum absolute atomic E-state index is 0.0529. The van der Waals surface area contributed by atoms with Crippen molar-refractivity contribution in [3.8, 4) is 17.3 Å². The highest BCUT2D eigenvalue weighted by atomic mass is 16.4. The number of nitrogens with two attached hydrogens (primary N) is 2. The number of carboxylic acid groups (broad SMARTS) is 1. The molecule has 0 radical (unpaired) electrons. The Morgan fingerprint density at radius 2 is 2.03 bits per heavy atom. The molecule has 0 saturated heterocycles. The highest BCUT2D eigenvalue weighted by Crippen LogP contribution is 2.32. The number of hydrogen-bond donors (Lipinski definition) is 3. The van der Waals surface area contributed by atoms with Gasteiger partial charge in [-0.3, -0.25) is 14.4 Å². The maximum Gasteiger partial charge on any atom is 0.303 e. The van der Waals surface area contributed by atoms with Crippen molar-refractivity contribution in [2.75, 3.05) is 5.73 Å². The molecule has 0 spiro atoms. The number of rotatable bonds is 7. The molecule has 1 aromatic carbocycles. The van der Waals surface area contributed by atoms with Gasteiger partial charge in [-0.25, -0.2) is 4.98 Å². The molecule has 160 valence electrons. The largest absolute Gasteiger partial charge is 0.481 e. The lowest BCUT2D eigenvalue weighted by Gasteiger charge is -2.24. The monoisotopic (exact) mass is 421 g/mol. The van der Waals surface area contributed by atoms with Gasteiger partial charge in [-0.05, 0) is 41.7 Å². The number of anilines is 1. The average molecular weight is 421 g/mol. The number of amides is 2. The van der Waals surface area contributed by atoms with E-state index in [0.29, 0.717) is 27.9 Å². The first-order valence-electron chi connectivity index (χ1n) is 9.79. The summed E-state index contributed by atoms with van der Waals surface area (Å²) >= 11 is 0. The molecule has 9 heteroatoms. The average Bonchev–Trinajstić information content (AvgIpc) is 3.02. The van der Waals surface area contributed by atoms with E-state index in [-0.39, 0.29) is 37.0 Å². The van der Waals surface area contributed by atoms with Crippen molar-refractivity contribution in [2.45, 2.75) is 45.2 Å². The van der Waals surface area contributed by atoms with Crippen molar-refractivity contribution < 1.29 is 19.5 Å². The minimum Gasteiger partial charge on any atom is -0.481 e. The Labute approximate surface area is 179 Å². The first-order chi connectivity index (χ1) is 14.6. The number of primary amides is 1. The van der Waals surface area contributed by atoms with E-state index < -0.39 is 17.9 Å². The fourth-order valence-corrected chi connectivity index (χ4v) is 3.78. The molecule has 1 aromatic heterocycles. The van der Waals surface area contributed by atoms with Crippen LogP contribution in [0, 0.1) is 11.3 Å². The van der Waals surface area contributed by atoms with Crippen LogP contribution in [0.2, 0.25) is 0 Å². The van der Waals surface area contributed by atoms with E-state index in [1.165, 1.54) is 4.90 Å². The Balaban J connectivity index is 1.96. The second-order valence-electron chi connectivity index (χ2n) is 7.78. The van der Waals surface area contributed by atoms with Crippen molar-refractivity contribution >= 4 is 23.6 Å². The lowest BCUT2D eigenvalue weighted by molar-refractivity contribution is -0.137. The number of carboxylic acids is 1. The van der Waals surface area contributed by atoms with E-state index in [4.69, 9.17) is 16.6 Å². The predicted molar refractivity (Wildman–Crippen MR) is 113 cm³/mol. The number of benzene rings is 1. The van der Waals surface area contributed by atoms with E-state index in [1.54, 1.807) is 18.2 Å². The van der Waals surface area contributed by atoms with Gasteiger partial charge < -0.3 is 21.5 Å². The molecule has 2 heterocycles. The highest BCUT2D eigenvalue weighted by molar-refractivity contribution is 6.01. The van der Waals surface area contributed by atoms with Gasteiger partial charge in [0.25, 0.3) is 5.91 Å². The van der Waals surface area contributed by atoms with Gasteiger partial charge in [0.15, 0.2) is 0 Å². The molecule has 3 rings (SSSR count). The molecule has 0 fully saturated rings. The highest BCUT2D eigenvalue weighted by Gasteiger charge is 2.35. The Kier molecular flexibility index (Phi) is 5.92. The van der Waals surface area contributed by atoms with Crippen LogP contribution in [0.15, 0.2) is 24.3 Å². The van der Waals surface area contributed by atoms with Crippen LogP contribution in [0.5, 0.6) is 0 Å². The molecule has 0 saturated carbocycles. The number of aliphatic carboxylic acids is 1. The molecule has 9 nitrogen and oxygen atoms in total. The van der Waals surface area contributed by atoms with E-state index in [1.807, 2.05) is 19.9 Å². The Bertz CT molecular complexity index is 1120. The third kappa shape index (κ3) is 4.19. The van der Waals surface area contributed by atoms with E-state index in [9.17, 15) is 19.6 Å². The van der Waals surface area contributed by atoms with Crippen molar-refractivity contribution in [2.24, 2.45) is 5.73 Å². The number of fused-ring (bicyclic) bond motifs is 1. The summed E-state index contributed by atoms with van der Waals surface area (Å²) in [6.45, 7) is 4.05. The summed E-state index contributed by atoms with van der Waals surface area (Å²) in [5.41, 5.74) is 15.0. The summed E-state index contributed by atoms with van der Waals surface area (Å²) in [6.07, 6.45) is -0.325. The lowest BCUT2D eigenvalue weighted by atomic mass is 9.95. The van der Waals surface area contributed by atoms with Crippen molar-refractivity contribution in [3.05, 3.63) is 46.5 Å². The van der Waals surface area contributed by atoms with Gasteiger partial charge in [0.05, 0.1) is 11.3 Å². The smallest absolute Gasteiger partial charge is 0.303 e. The third-order valence-corrected chi connectivity index (χ3v) is 5.38. The van der Waals surface area contributed by atoms with Gasteiger partial charge in [0.2, 0.25) is 5.91 Å². The zero-order valence-corrected chi connectivity index (χ0v) is 17.3. The fourth-order valence-electron chi connectivity index (χ4n) is 3.78. The minimum atomic E-state index is -1.07. The summed E-state index contributed by atoms with van der Waals surface area (Å²) < 4.78 is 0. The van der Waals surface area contributed by atoms with Crippen molar-refractivity contribution in [3.63, 3.8) is 0 Å². The molecule has 2 amide bonds. The van der Waals surface area contributed by atoms with Crippen LogP contribution < -0.4 is 11.5 Å². The standard InChI is InChI=1S/C22H23N5O4/c1-11(2)15-8-17(26-20(24)16(15)9-23)12-3-4-14-13(7-12)10-27(22(14)31)18(21(25)30)5-6-19(28)29/h3-4,7-8,11,18H,5-6,10H2,1-2H3,(H2,24,26)(H2,25,30)(H,28,29)/t18-/m0/s1. The van der Waals surface area contributed by atoms with E-state index in [2.05, 4.69) is 11.1 Å². The second-order valence-corrected chi connectivity index (χ2v) is 7.78. The van der Waals surface area contributed by atoms with Gasteiger partial charge in [-0.1, -0.05) is 19.9 Å². The molecule has 1 aliphatic heterocycles. The number of nitriles is 1. The molecule has 31 heavy (non-hydrogen) atoms. The number of nitrogen functional groups attached to an aromatic ring is 1. The quantitative estimate of drug-likeness (QED) is 0.615. The fraction of sp³-hybridized carbons (Fsp3) is 0.318. The molecule has 0 bridgehead atoms. The summed E-state index contributed by atoms with van der Waals surface area (Å²) in [7, 11) is 0. The first-order valence-corrected chi connectivity index (χ1v) is 9.79. The molecule has 2 aromatic rings. The van der Waals surface area contributed by atoms with Crippen LogP contribution >= 0.6 is 0 Å². The SMILES string of the molecule is CC(C)c1cc(-c2ccc3c(c2)CN([C@@H](CCC(=O)O)C(N)=O)C3=O)nc(N)c1C#N. The van der Waals surface area contributed by atoms with Crippen LogP contribution in [0.4, 0.5) is 5.82 Å². The molecule has 0 unspecified atom stereocenters. The van der Waals surface area contributed by atoms with Crippen LogP contribution in [-0.2, 0) is 16.1 Å². The number of aromatic nitrogens is 1. The summed E-state index contributed by atoms with van der Waals surface area (Å²) in [4.78, 5) is 41.2. The van der Waals surface area contributed by atoms with E-state index >= 15 is 0 Å². The van der Waals surface area contributed by atoms with Gasteiger partial charge in [0, 0.05) is 24.1 Å². The topological polar surface area (TPSA) is 163 Å². The van der Waals surface area contributed by atoms with Crippen molar-refractivity contribution in [1.82, 2.24) is 9.88 Å². The molecule has 1 atom stereocenters. The zero-order valence-electron chi connectivity index (χ0n) is 17.3. The number of carbonyl (C=O) groups is 3. The van der Waals surface area contributed by atoms with Gasteiger partial charge in [-0.15, -0.1) is 0 Å². The van der Waals surface area contributed by atoms with E-state index in [0.717, 1.165) is 5.56 Å². The van der Waals surface area contributed by atoms with Crippen molar-refractivity contribution in [1.29, 1.82) is 5.26 Å². The number of pyridine rings is 1. The molecular weight excluding hydrogens is 398 g/mol. The van der Waals surface area contributed by atoms with Crippen LogP contribution in [0.3, 0.4) is 0 Å². The summed E-state index contributed by atoms with van der Waals surface area (Å²) in [5, 5.41) is 18.3. The molecule has 0 aliphatic carbocycles. The number of hydrogen-bond acceptors (Lipinski definition) is 6. The van der Waals surface area contributed by atoms with Gasteiger partial charge in [0.1, 0.15) is 17.9 Å². The number of nitrogens with zero attached hydrogens (tertiary/aromatic N) is 3. The predicted octanol–water partition coefficient (Wildman–Crippen LogP) is 2.00. The third-order valence-electron chi connectivity index (χ3n) is 5.38. The van der Waals surface area contributed by atoms with Gasteiger partial charge >= 0.3 is 5.97 Å². The Morgan fingerprint density at radius 1 is 1.32 bits per heavy atom. The summed E-state index contributed by atoms with van der Waals surface area (Å²) in [6, 6.07) is 8.08. The Morgan fingerprint density at radius 3 is 2.61 bits per heavy atom. The Hall–Kier alpha value is -3.93. The first kappa shape index (κ1) is 21.8. The maximum absolute atomic E-state index is 12.8. The summed E-state index contributed by atoms with van der Waals surface area (Å²) in [5.74, 6) is -1.97. The normalized spacial score (nSPS) is 13.7. The van der Waals surface area contributed by atoms with Crippen LogP contribution in [0.1, 0.15) is 59.7 Å². The molecule has 1 aliphatic rings. The number of carbonyl (C=O) groups excluding carboxylic acids is 2. The van der Waals surface area contributed by atoms with Crippen LogP contribution in [0.25, 0.3) is 11.3 Å². The maximum atomic E-state index is 12.8. The molecular formula is C22H23N5O4. The van der Waals surface area contributed by atoms with Crippen LogP contribution in [-0.4, -0.2) is 38.8 Å². The second kappa shape index (κ2) is 8.44.